The lowest BCUT2D eigenvalue weighted by Crippen LogP contribution is -2.47. The molecule has 2 atom stereocenters. The molecule has 2 fully saturated rings. The van der Waals surface area contributed by atoms with Gasteiger partial charge in [0.1, 0.15) is 11.2 Å². The lowest BCUT2D eigenvalue weighted by Gasteiger charge is -2.26. The SMILES string of the molecule is CC(C)(C)OC(=O)NC1CCCNC1.CC(C)(C)OC(=O)N[C@H]1CCCNC1. The zero-order chi connectivity index (χ0) is 21.2. The number of amides is 2. The predicted octanol–water partition coefficient (Wildman–Crippen LogP) is 2.53. The molecule has 0 aromatic carbocycles. The Bertz CT molecular complexity index is 430. The van der Waals surface area contributed by atoms with Crippen LogP contribution in [0.4, 0.5) is 9.59 Å². The van der Waals surface area contributed by atoms with Crippen molar-refractivity contribution in [3.8, 4) is 0 Å². The number of ether oxygens (including phenoxy) is 2. The number of hydrogen-bond donors (Lipinski definition) is 4. The second-order valence-corrected chi connectivity index (χ2v) is 9.38. The van der Waals surface area contributed by atoms with E-state index in [1.54, 1.807) is 0 Å². The molecule has 0 bridgehead atoms. The minimum atomic E-state index is -0.411. The van der Waals surface area contributed by atoms with Crippen molar-refractivity contribution < 1.29 is 19.1 Å². The molecule has 2 heterocycles. The Morgan fingerprint density at radius 2 is 1.11 bits per heavy atom. The number of alkyl carbamates (subject to hydrolysis) is 2. The van der Waals surface area contributed by atoms with Gasteiger partial charge < -0.3 is 30.7 Å². The molecule has 0 spiro atoms. The minimum absolute atomic E-state index is 0.221. The van der Waals surface area contributed by atoms with Crippen LogP contribution in [0.3, 0.4) is 0 Å². The average Bonchev–Trinajstić information content (AvgIpc) is 2.53. The van der Waals surface area contributed by atoms with Crippen molar-refractivity contribution >= 4 is 12.2 Å². The largest absolute Gasteiger partial charge is 0.444 e. The fourth-order valence-corrected chi connectivity index (χ4v) is 2.90. The molecule has 2 amide bonds. The van der Waals surface area contributed by atoms with Crippen LogP contribution in [0.5, 0.6) is 0 Å². The summed E-state index contributed by atoms with van der Waals surface area (Å²) in [5, 5.41) is 12.2. The molecule has 0 aromatic heterocycles. The van der Waals surface area contributed by atoms with Crippen LogP contribution in [0.25, 0.3) is 0 Å². The third kappa shape index (κ3) is 12.8. The van der Waals surface area contributed by atoms with Crippen molar-refractivity contribution in [2.24, 2.45) is 0 Å². The summed E-state index contributed by atoms with van der Waals surface area (Å²) < 4.78 is 10.3. The quantitative estimate of drug-likeness (QED) is 0.568. The maximum absolute atomic E-state index is 11.4. The molecule has 2 rings (SSSR count). The van der Waals surface area contributed by atoms with E-state index in [0.29, 0.717) is 0 Å². The highest BCUT2D eigenvalue weighted by molar-refractivity contribution is 5.68. The lowest BCUT2D eigenvalue weighted by atomic mass is 10.1. The fraction of sp³-hybridized carbons (Fsp3) is 0.900. The number of carbonyl (C=O) groups excluding carboxylic acids is 2. The van der Waals surface area contributed by atoms with Crippen molar-refractivity contribution in [3.05, 3.63) is 0 Å². The summed E-state index contributed by atoms with van der Waals surface area (Å²) in [5.41, 5.74) is -0.821. The van der Waals surface area contributed by atoms with E-state index in [2.05, 4.69) is 21.3 Å². The number of nitrogens with one attached hydrogen (secondary N) is 4. The molecule has 0 aromatic rings. The Balaban J connectivity index is 0.000000280. The Kier molecular flexibility index (Phi) is 10.0. The van der Waals surface area contributed by atoms with Gasteiger partial charge >= 0.3 is 12.2 Å². The first-order valence-electron chi connectivity index (χ1n) is 10.3. The zero-order valence-electron chi connectivity index (χ0n) is 18.4. The van der Waals surface area contributed by atoms with Crippen molar-refractivity contribution in [2.75, 3.05) is 26.2 Å². The van der Waals surface area contributed by atoms with Gasteiger partial charge in [-0.1, -0.05) is 0 Å². The first-order valence-corrected chi connectivity index (χ1v) is 10.3. The van der Waals surface area contributed by atoms with Gasteiger partial charge in [0.15, 0.2) is 0 Å². The van der Waals surface area contributed by atoms with E-state index in [0.717, 1.165) is 51.9 Å². The Morgan fingerprint density at radius 3 is 1.36 bits per heavy atom. The molecule has 2 saturated heterocycles. The van der Waals surface area contributed by atoms with Crippen molar-refractivity contribution in [1.29, 1.82) is 0 Å². The Morgan fingerprint density at radius 1 is 0.750 bits per heavy atom. The van der Waals surface area contributed by atoms with Crippen LogP contribution < -0.4 is 21.3 Å². The second kappa shape index (κ2) is 11.5. The predicted molar refractivity (Wildman–Crippen MR) is 111 cm³/mol. The summed E-state index contributed by atoms with van der Waals surface area (Å²) in [6.45, 7) is 15.0. The lowest BCUT2D eigenvalue weighted by molar-refractivity contribution is 0.0485. The monoisotopic (exact) mass is 400 g/mol. The Labute approximate surface area is 169 Å². The van der Waals surface area contributed by atoms with Gasteiger partial charge in [-0.15, -0.1) is 0 Å². The first-order chi connectivity index (χ1) is 12.9. The molecular formula is C20H40N4O4. The highest BCUT2D eigenvalue weighted by Gasteiger charge is 2.21. The van der Waals surface area contributed by atoms with Crippen LogP contribution in [0, 0.1) is 0 Å². The normalized spacial score (nSPS) is 22.9. The van der Waals surface area contributed by atoms with Gasteiger partial charge in [-0.2, -0.15) is 0 Å². The number of carbonyl (C=O) groups is 2. The van der Waals surface area contributed by atoms with E-state index >= 15 is 0 Å². The third-order valence-corrected chi connectivity index (χ3v) is 4.04. The number of piperidine rings is 2. The second-order valence-electron chi connectivity index (χ2n) is 9.38. The van der Waals surface area contributed by atoms with E-state index in [4.69, 9.17) is 9.47 Å². The average molecular weight is 401 g/mol. The standard InChI is InChI=1S/2C10H20N2O2/c2*1-10(2,3)14-9(13)12-8-5-4-6-11-7-8/h2*8,11H,4-7H2,1-3H3,(H,12,13)/t8-;/m0./s1. The third-order valence-electron chi connectivity index (χ3n) is 4.04. The molecule has 4 N–H and O–H groups in total. The molecule has 2 aliphatic heterocycles. The van der Waals surface area contributed by atoms with Gasteiger partial charge in [0.2, 0.25) is 0 Å². The van der Waals surface area contributed by atoms with E-state index in [1.165, 1.54) is 0 Å². The van der Waals surface area contributed by atoms with Crippen LogP contribution in [-0.2, 0) is 9.47 Å². The summed E-state index contributed by atoms with van der Waals surface area (Å²) in [7, 11) is 0. The maximum atomic E-state index is 11.4. The fourth-order valence-electron chi connectivity index (χ4n) is 2.90. The highest BCUT2D eigenvalue weighted by Crippen LogP contribution is 2.09. The van der Waals surface area contributed by atoms with Crippen molar-refractivity contribution in [3.63, 3.8) is 0 Å². The summed E-state index contributed by atoms with van der Waals surface area (Å²) in [6.07, 6.45) is 3.66. The van der Waals surface area contributed by atoms with Gasteiger partial charge in [-0.25, -0.2) is 9.59 Å². The van der Waals surface area contributed by atoms with Crippen molar-refractivity contribution in [2.45, 2.75) is 90.5 Å². The van der Waals surface area contributed by atoms with Gasteiger partial charge in [-0.05, 0) is 80.3 Å². The minimum Gasteiger partial charge on any atom is -0.444 e. The van der Waals surface area contributed by atoms with Gasteiger partial charge in [0.05, 0.1) is 0 Å². The van der Waals surface area contributed by atoms with E-state index in [9.17, 15) is 9.59 Å². The zero-order valence-corrected chi connectivity index (χ0v) is 18.4. The smallest absolute Gasteiger partial charge is 0.407 e. The molecule has 2 aliphatic rings. The molecule has 0 saturated carbocycles. The molecule has 28 heavy (non-hydrogen) atoms. The number of hydrogen-bond acceptors (Lipinski definition) is 6. The summed E-state index contributed by atoms with van der Waals surface area (Å²) in [4.78, 5) is 22.7. The van der Waals surface area contributed by atoms with E-state index in [-0.39, 0.29) is 24.3 Å². The first kappa shape index (κ1) is 24.5. The highest BCUT2D eigenvalue weighted by atomic mass is 16.6. The molecule has 8 heteroatoms. The molecule has 164 valence electrons. The van der Waals surface area contributed by atoms with Crippen LogP contribution in [0.15, 0.2) is 0 Å². The van der Waals surface area contributed by atoms with Crippen LogP contribution in [-0.4, -0.2) is 61.7 Å². The molecule has 0 radical (unpaired) electrons. The van der Waals surface area contributed by atoms with Crippen LogP contribution in [0.1, 0.15) is 67.2 Å². The van der Waals surface area contributed by atoms with Gasteiger partial charge in [0.25, 0.3) is 0 Å². The van der Waals surface area contributed by atoms with Gasteiger partial charge in [0, 0.05) is 25.2 Å². The molecule has 0 aliphatic carbocycles. The summed E-state index contributed by atoms with van der Waals surface area (Å²) in [5.74, 6) is 0. The van der Waals surface area contributed by atoms with E-state index < -0.39 is 11.2 Å². The van der Waals surface area contributed by atoms with Crippen LogP contribution >= 0.6 is 0 Å². The summed E-state index contributed by atoms with van der Waals surface area (Å²) in [6, 6.07) is 0.442. The topological polar surface area (TPSA) is 101 Å². The maximum Gasteiger partial charge on any atom is 0.407 e. The molecule has 8 nitrogen and oxygen atoms in total. The van der Waals surface area contributed by atoms with Crippen LogP contribution in [0.2, 0.25) is 0 Å². The van der Waals surface area contributed by atoms with E-state index in [1.807, 2.05) is 41.5 Å². The van der Waals surface area contributed by atoms with Gasteiger partial charge in [-0.3, -0.25) is 0 Å². The Hall–Kier alpha value is -1.54. The summed E-state index contributed by atoms with van der Waals surface area (Å²) >= 11 is 0. The molecule has 1 unspecified atom stereocenters. The molecular weight excluding hydrogens is 360 g/mol. The number of rotatable bonds is 2. The van der Waals surface area contributed by atoms with Crippen molar-refractivity contribution in [1.82, 2.24) is 21.3 Å².